The number of aryl methyl sites for hydroxylation is 1. The number of carbonyl (C=O) groups is 1. The first-order chi connectivity index (χ1) is 11.2. The fourth-order valence-corrected chi connectivity index (χ4v) is 3.16. The fourth-order valence-electron chi connectivity index (χ4n) is 3.16. The van der Waals surface area contributed by atoms with Crippen molar-refractivity contribution in [1.82, 2.24) is 25.1 Å². The lowest BCUT2D eigenvalue weighted by Gasteiger charge is -2.24. The Morgan fingerprint density at radius 3 is 3.04 bits per heavy atom. The van der Waals surface area contributed by atoms with Gasteiger partial charge in [0, 0.05) is 55.4 Å². The molecule has 1 atom stereocenters. The summed E-state index contributed by atoms with van der Waals surface area (Å²) in [4.78, 5) is 19.7. The standard InChI is InChI=1S/C16H21N5O2/c1-2-21-14-4-3-11(9-13(14)15(20-21)16(22)23)18-6-5-12-10-17-7-8-19-12/h7-8,10-11,18H,2-6,9H2,1H3,(H,22,23)/t11-/m1/s1. The smallest absolute Gasteiger partial charge is 0.356 e. The normalized spacial score (nSPS) is 17.0. The van der Waals surface area contributed by atoms with Crippen molar-refractivity contribution in [1.29, 1.82) is 0 Å². The number of nitrogens with one attached hydrogen (secondary N) is 1. The van der Waals surface area contributed by atoms with Gasteiger partial charge in [0.2, 0.25) is 0 Å². The Morgan fingerprint density at radius 2 is 2.35 bits per heavy atom. The highest BCUT2D eigenvalue weighted by Crippen LogP contribution is 2.25. The number of aromatic carboxylic acids is 1. The molecule has 0 aliphatic heterocycles. The van der Waals surface area contributed by atoms with Gasteiger partial charge in [0.25, 0.3) is 0 Å². The highest BCUT2D eigenvalue weighted by Gasteiger charge is 2.28. The van der Waals surface area contributed by atoms with Gasteiger partial charge < -0.3 is 10.4 Å². The van der Waals surface area contributed by atoms with Crippen LogP contribution in [0.1, 0.15) is 40.8 Å². The monoisotopic (exact) mass is 315 g/mol. The number of carboxylic acids is 1. The lowest BCUT2D eigenvalue weighted by molar-refractivity contribution is 0.0688. The fraction of sp³-hybridized carbons (Fsp3) is 0.500. The summed E-state index contributed by atoms with van der Waals surface area (Å²) in [6, 6.07) is 0.284. The zero-order valence-electron chi connectivity index (χ0n) is 13.2. The van der Waals surface area contributed by atoms with Gasteiger partial charge in [0.15, 0.2) is 5.69 Å². The number of carboxylic acid groups (broad SMARTS) is 1. The van der Waals surface area contributed by atoms with E-state index in [1.807, 2.05) is 11.6 Å². The van der Waals surface area contributed by atoms with Gasteiger partial charge in [-0.2, -0.15) is 5.10 Å². The molecule has 0 unspecified atom stereocenters. The van der Waals surface area contributed by atoms with E-state index >= 15 is 0 Å². The van der Waals surface area contributed by atoms with Gasteiger partial charge in [-0.25, -0.2) is 4.79 Å². The molecule has 3 rings (SSSR count). The van der Waals surface area contributed by atoms with E-state index in [0.717, 1.165) is 49.2 Å². The van der Waals surface area contributed by atoms with Gasteiger partial charge in [0.05, 0.1) is 5.69 Å². The van der Waals surface area contributed by atoms with Gasteiger partial charge >= 0.3 is 5.97 Å². The molecule has 0 fully saturated rings. The van der Waals surface area contributed by atoms with Crippen LogP contribution < -0.4 is 5.32 Å². The third-order valence-electron chi connectivity index (χ3n) is 4.28. The summed E-state index contributed by atoms with van der Waals surface area (Å²) in [5.74, 6) is -0.936. The molecule has 0 saturated heterocycles. The molecule has 7 heteroatoms. The quantitative estimate of drug-likeness (QED) is 0.828. The number of nitrogens with zero attached hydrogens (tertiary/aromatic N) is 4. The SMILES string of the molecule is CCn1nc(C(=O)O)c2c1CC[C@@H](NCCc1cnccn1)C2. The van der Waals surface area contributed by atoms with Gasteiger partial charge in [-0.3, -0.25) is 14.6 Å². The van der Waals surface area contributed by atoms with Crippen molar-refractivity contribution >= 4 is 5.97 Å². The van der Waals surface area contributed by atoms with Crippen LogP contribution in [0.3, 0.4) is 0 Å². The van der Waals surface area contributed by atoms with Crippen LogP contribution in [0.5, 0.6) is 0 Å². The molecule has 23 heavy (non-hydrogen) atoms. The maximum atomic E-state index is 11.4. The van der Waals surface area contributed by atoms with Gasteiger partial charge in [-0.15, -0.1) is 0 Å². The largest absolute Gasteiger partial charge is 0.476 e. The predicted octanol–water partition coefficient (Wildman–Crippen LogP) is 1.08. The molecular formula is C16H21N5O2. The zero-order chi connectivity index (χ0) is 16.2. The molecule has 122 valence electrons. The highest BCUT2D eigenvalue weighted by atomic mass is 16.4. The molecule has 7 nitrogen and oxygen atoms in total. The van der Waals surface area contributed by atoms with Crippen LogP contribution in [-0.2, 0) is 25.8 Å². The molecule has 0 radical (unpaired) electrons. The molecule has 0 bridgehead atoms. The van der Waals surface area contributed by atoms with E-state index in [1.165, 1.54) is 0 Å². The van der Waals surface area contributed by atoms with Crippen LogP contribution in [0.25, 0.3) is 0 Å². The van der Waals surface area contributed by atoms with Crippen molar-refractivity contribution in [2.75, 3.05) is 6.54 Å². The summed E-state index contributed by atoms with van der Waals surface area (Å²) in [6.07, 6.45) is 8.53. The van der Waals surface area contributed by atoms with Gasteiger partial charge in [0.1, 0.15) is 0 Å². The van der Waals surface area contributed by atoms with Crippen molar-refractivity contribution in [3.8, 4) is 0 Å². The van der Waals surface area contributed by atoms with Crippen molar-refractivity contribution in [3.05, 3.63) is 41.2 Å². The number of hydrogen-bond acceptors (Lipinski definition) is 5. The van der Waals surface area contributed by atoms with E-state index < -0.39 is 5.97 Å². The highest BCUT2D eigenvalue weighted by molar-refractivity contribution is 5.87. The van der Waals surface area contributed by atoms with Gasteiger partial charge in [-0.05, 0) is 26.2 Å². The Labute approximate surface area is 134 Å². The lowest BCUT2D eigenvalue weighted by Crippen LogP contribution is -2.36. The summed E-state index contributed by atoms with van der Waals surface area (Å²) in [5.41, 5.74) is 3.14. The van der Waals surface area contributed by atoms with E-state index in [4.69, 9.17) is 0 Å². The first-order valence-corrected chi connectivity index (χ1v) is 7.99. The first-order valence-electron chi connectivity index (χ1n) is 7.99. The van der Waals surface area contributed by atoms with Crippen LogP contribution in [0.15, 0.2) is 18.6 Å². The Bertz CT molecular complexity index is 683. The summed E-state index contributed by atoms with van der Waals surface area (Å²) in [7, 11) is 0. The van der Waals surface area contributed by atoms with Crippen molar-refractivity contribution < 1.29 is 9.90 Å². The number of hydrogen-bond donors (Lipinski definition) is 2. The van der Waals surface area contributed by atoms with Crippen molar-refractivity contribution in [2.45, 2.75) is 45.2 Å². The predicted molar refractivity (Wildman–Crippen MR) is 84.4 cm³/mol. The van der Waals surface area contributed by atoms with Crippen LogP contribution >= 0.6 is 0 Å². The molecule has 2 aromatic heterocycles. The molecular weight excluding hydrogens is 294 g/mol. The molecule has 1 aliphatic rings. The maximum Gasteiger partial charge on any atom is 0.356 e. The third-order valence-corrected chi connectivity index (χ3v) is 4.28. The van der Waals surface area contributed by atoms with E-state index in [9.17, 15) is 9.90 Å². The van der Waals surface area contributed by atoms with Crippen LogP contribution in [0, 0.1) is 0 Å². The van der Waals surface area contributed by atoms with Crippen LogP contribution in [0.4, 0.5) is 0 Å². The minimum atomic E-state index is -0.936. The average Bonchev–Trinajstić information content (AvgIpc) is 2.94. The minimum absolute atomic E-state index is 0.210. The Hall–Kier alpha value is -2.28. The summed E-state index contributed by atoms with van der Waals surface area (Å²) < 4.78 is 1.83. The summed E-state index contributed by atoms with van der Waals surface area (Å²) >= 11 is 0. The van der Waals surface area contributed by atoms with E-state index in [0.29, 0.717) is 6.54 Å². The Balaban J connectivity index is 1.63. The average molecular weight is 315 g/mol. The van der Waals surface area contributed by atoms with Crippen molar-refractivity contribution in [2.24, 2.45) is 0 Å². The zero-order valence-corrected chi connectivity index (χ0v) is 13.2. The molecule has 2 heterocycles. The Morgan fingerprint density at radius 1 is 1.48 bits per heavy atom. The summed E-state index contributed by atoms with van der Waals surface area (Å²) in [5, 5.41) is 17.1. The topological polar surface area (TPSA) is 92.9 Å². The molecule has 2 N–H and O–H groups in total. The van der Waals surface area contributed by atoms with Gasteiger partial charge in [-0.1, -0.05) is 0 Å². The summed E-state index contributed by atoms with van der Waals surface area (Å²) in [6.45, 7) is 3.51. The first kappa shape index (κ1) is 15.6. The third kappa shape index (κ3) is 3.39. The second-order valence-electron chi connectivity index (χ2n) is 5.74. The lowest BCUT2D eigenvalue weighted by atomic mass is 9.91. The molecule has 0 amide bonds. The minimum Gasteiger partial charge on any atom is -0.476 e. The second-order valence-corrected chi connectivity index (χ2v) is 5.74. The van der Waals surface area contributed by atoms with Crippen LogP contribution in [-0.4, -0.2) is 43.4 Å². The molecule has 0 spiro atoms. The van der Waals surface area contributed by atoms with E-state index in [-0.39, 0.29) is 11.7 Å². The molecule has 0 aromatic carbocycles. The van der Waals surface area contributed by atoms with Crippen LogP contribution in [0.2, 0.25) is 0 Å². The number of rotatable bonds is 6. The Kier molecular flexibility index (Phi) is 4.66. The molecule has 1 aliphatic carbocycles. The molecule has 0 saturated carbocycles. The molecule has 2 aromatic rings. The van der Waals surface area contributed by atoms with Crippen molar-refractivity contribution in [3.63, 3.8) is 0 Å². The van der Waals surface area contributed by atoms with E-state index in [2.05, 4.69) is 20.4 Å². The maximum absolute atomic E-state index is 11.4. The number of aromatic nitrogens is 4. The second kappa shape index (κ2) is 6.87. The van der Waals surface area contributed by atoms with E-state index in [1.54, 1.807) is 18.6 Å². The number of fused-ring (bicyclic) bond motifs is 1.